The molecule has 3 aromatic rings. The van der Waals surface area contributed by atoms with Crippen LogP contribution in [0.4, 0.5) is 0 Å². The van der Waals surface area contributed by atoms with Crippen LogP contribution in [0.25, 0.3) is 22.3 Å². The number of hydrogen-bond acceptors (Lipinski definition) is 12. The van der Waals surface area contributed by atoms with Crippen LogP contribution in [-0.2, 0) is 9.53 Å². The number of rotatable bonds is 5. The molecule has 0 amide bonds. The number of carboxylic acids is 1. The van der Waals surface area contributed by atoms with E-state index >= 15 is 0 Å². The number of aromatic hydroxyl groups is 3. The average Bonchev–Trinajstić information content (AvgIpc) is 2.81. The summed E-state index contributed by atoms with van der Waals surface area (Å²) < 4.78 is 21.3. The fourth-order valence-corrected chi connectivity index (χ4v) is 3.65. The second-order valence-corrected chi connectivity index (χ2v) is 7.67. The summed E-state index contributed by atoms with van der Waals surface area (Å²) in [5.74, 6) is -3.84. The highest BCUT2D eigenvalue weighted by Crippen LogP contribution is 2.39. The Morgan fingerprint density at radius 3 is 2.34 bits per heavy atom. The maximum absolute atomic E-state index is 12.6. The first kappa shape index (κ1) is 24.1. The predicted octanol–water partition coefficient (Wildman–Crippen LogP) is -0.144. The van der Waals surface area contributed by atoms with Gasteiger partial charge in [-0.25, -0.2) is 4.79 Å². The van der Waals surface area contributed by atoms with Crippen molar-refractivity contribution in [1.82, 2.24) is 0 Å². The summed E-state index contributed by atoms with van der Waals surface area (Å²) >= 11 is 0. The summed E-state index contributed by atoms with van der Waals surface area (Å²) in [6.45, 7) is 0. The molecule has 1 aliphatic heterocycles. The summed E-state index contributed by atoms with van der Waals surface area (Å²) in [5.41, 5.74) is -1.05. The minimum Gasteiger partial charge on any atom is -0.508 e. The Labute approximate surface area is 195 Å². The first-order valence-corrected chi connectivity index (χ1v) is 10.0. The van der Waals surface area contributed by atoms with Crippen LogP contribution >= 0.6 is 0 Å². The number of hydrogen-bond donors (Lipinski definition) is 7. The molecule has 1 aromatic heterocycles. The molecule has 7 N–H and O–H groups in total. The third-order valence-electron chi connectivity index (χ3n) is 5.42. The number of benzene rings is 2. The minimum atomic E-state index is -1.90. The zero-order valence-corrected chi connectivity index (χ0v) is 17.9. The van der Waals surface area contributed by atoms with Crippen LogP contribution in [0, 0.1) is 0 Å². The zero-order chi connectivity index (χ0) is 25.6. The van der Waals surface area contributed by atoms with E-state index in [9.17, 15) is 40.2 Å². The van der Waals surface area contributed by atoms with Crippen molar-refractivity contribution in [2.75, 3.05) is 7.11 Å². The van der Waals surface area contributed by atoms with Crippen molar-refractivity contribution in [3.05, 3.63) is 40.6 Å². The molecule has 2 aromatic carbocycles. The fraction of sp³-hybridized carbons (Fsp3) is 0.273. The molecule has 0 bridgehead atoms. The lowest BCUT2D eigenvalue weighted by molar-refractivity contribution is -0.271. The molecule has 4 rings (SSSR count). The van der Waals surface area contributed by atoms with Crippen LogP contribution in [0.15, 0.2) is 39.5 Å². The summed E-state index contributed by atoms with van der Waals surface area (Å²) in [6.07, 6.45) is -9.17. The Balaban J connectivity index is 1.72. The molecule has 2 heterocycles. The van der Waals surface area contributed by atoms with E-state index in [0.717, 1.165) is 12.1 Å². The lowest BCUT2D eigenvalue weighted by Crippen LogP contribution is -2.61. The van der Waals surface area contributed by atoms with Gasteiger partial charge in [-0.15, -0.1) is 0 Å². The van der Waals surface area contributed by atoms with E-state index in [2.05, 4.69) is 0 Å². The molecule has 0 radical (unpaired) electrons. The summed E-state index contributed by atoms with van der Waals surface area (Å²) in [5, 5.41) is 68.8. The number of fused-ring (bicyclic) bond motifs is 1. The van der Waals surface area contributed by atoms with Crippen LogP contribution in [0.1, 0.15) is 0 Å². The van der Waals surface area contributed by atoms with Crippen molar-refractivity contribution in [3.8, 4) is 40.1 Å². The molecular weight excluding hydrogens is 472 g/mol. The van der Waals surface area contributed by atoms with Crippen LogP contribution in [0.5, 0.6) is 28.7 Å². The second-order valence-electron chi connectivity index (χ2n) is 7.67. The van der Waals surface area contributed by atoms with Crippen LogP contribution in [0.3, 0.4) is 0 Å². The molecule has 35 heavy (non-hydrogen) atoms. The molecule has 0 spiro atoms. The van der Waals surface area contributed by atoms with Gasteiger partial charge in [0.1, 0.15) is 40.8 Å². The third-order valence-corrected chi connectivity index (χ3v) is 5.42. The predicted molar refractivity (Wildman–Crippen MR) is 114 cm³/mol. The van der Waals surface area contributed by atoms with E-state index < -0.39 is 53.6 Å². The summed E-state index contributed by atoms with van der Waals surface area (Å²) in [7, 11) is 1.25. The Bertz CT molecular complexity index is 1350. The molecule has 1 saturated heterocycles. The standard InChI is InChI=1S/C22H20O13/c1-32-11-4-7(19-16(27)14(25)13-9(24)5-8(23)6-12(13)33-19)2-3-10(11)34-22-18(29)15(26)17(28)20(35-22)21(30)31/h2-6,15,17-18,20,22-24,26-29H,1H3,(H,30,31). The van der Waals surface area contributed by atoms with E-state index in [-0.39, 0.29) is 39.5 Å². The van der Waals surface area contributed by atoms with Gasteiger partial charge in [0.05, 0.1) is 7.11 Å². The van der Waals surface area contributed by atoms with Gasteiger partial charge in [0, 0.05) is 17.7 Å². The number of methoxy groups -OCH3 is 1. The number of phenolic OH excluding ortho intramolecular Hbond substituents is 2. The molecule has 186 valence electrons. The number of phenols is 2. The Hall–Kier alpha value is -4.04. The highest BCUT2D eigenvalue weighted by atomic mass is 16.7. The number of aliphatic hydroxyl groups excluding tert-OH is 3. The van der Waals surface area contributed by atoms with E-state index in [4.69, 9.17) is 23.7 Å². The average molecular weight is 492 g/mol. The number of carbonyl (C=O) groups is 1. The van der Waals surface area contributed by atoms with Crippen molar-refractivity contribution < 1.29 is 59.2 Å². The van der Waals surface area contributed by atoms with Crippen molar-refractivity contribution in [3.63, 3.8) is 0 Å². The SMILES string of the molecule is COc1cc(-c2oc3cc(O)cc(O)c3c(=O)c2O)ccc1OC1OC(C(=O)O)C(O)C(O)C1O. The molecule has 5 unspecified atom stereocenters. The van der Waals surface area contributed by atoms with Crippen LogP contribution in [-0.4, -0.2) is 79.5 Å². The quantitative estimate of drug-likeness (QED) is 0.247. The second kappa shape index (κ2) is 8.96. The number of aliphatic hydroxyl groups is 3. The van der Waals surface area contributed by atoms with E-state index in [1.54, 1.807) is 0 Å². The molecule has 13 heteroatoms. The van der Waals surface area contributed by atoms with E-state index in [1.165, 1.54) is 25.3 Å². The molecule has 0 saturated carbocycles. The van der Waals surface area contributed by atoms with Gasteiger partial charge in [0.25, 0.3) is 0 Å². The van der Waals surface area contributed by atoms with Crippen molar-refractivity contribution in [2.24, 2.45) is 0 Å². The van der Waals surface area contributed by atoms with Crippen molar-refractivity contribution in [1.29, 1.82) is 0 Å². The van der Waals surface area contributed by atoms with Crippen molar-refractivity contribution in [2.45, 2.75) is 30.7 Å². The van der Waals surface area contributed by atoms with E-state index in [1.807, 2.05) is 0 Å². The maximum atomic E-state index is 12.6. The van der Waals surface area contributed by atoms with Gasteiger partial charge in [0.15, 0.2) is 23.4 Å². The lowest BCUT2D eigenvalue weighted by Gasteiger charge is -2.38. The normalized spacial score (nSPS) is 24.3. The van der Waals surface area contributed by atoms with Gasteiger partial charge in [-0.3, -0.25) is 4.79 Å². The first-order valence-electron chi connectivity index (χ1n) is 10.0. The largest absolute Gasteiger partial charge is 0.508 e. The summed E-state index contributed by atoms with van der Waals surface area (Å²) in [6, 6.07) is 5.85. The number of carboxylic acid groups (broad SMARTS) is 1. The molecule has 0 aliphatic carbocycles. The topological polar surface area (TPSA) is 217 Å². The fourth-order valence-electron chi connectivity index (χ4n) is 3.65. The van der Waals surface area contributed by atoms with E-state index in [0.29, 0.717) is 0 Å². The summed E-state index contributed by atoms with van der Waals surface area (Å²) in [4.78, 5) is 23.9. The molecule has 1 fully saturated rings. The van der Waals surface area contributed by atoms with Gasteiger partial charge in [-0.05, 0) is 18.2 Å². The monoisotopic (exact) mass is 492 g/mol. The lowest BCUT2D eigenvalue weighted by atomic mass is 9.99. The number of aliphatic carboxylic acids is 1. The van der Waals surface area contributed by atoms with Crippen molar-refractivity contribution >= 4 is 16.9 Å². The Kier molecular flexibility index (Phi) is 6.17. The Morgan fingerprint density at radius 2 is 1.69 bits per heavy atom. The first-order chi connectivity index (χ1) is 16.5. The van der Waals surface area contributed by atoms with Gasteiger partial charge in [-0.1, -0.05) is 0 Å². The highest BCUT2D eigenvalue weighted by Gasteiger charge is 2.48. The maximum Gasteiger partial charge on any atom is 0.335 e. The van der Waals surface area contributed by atoms with Crippen LogP contribution in [0.2, 0.25) is 0 Å². The Morgan fingerprint density at radius 1 is 0.971 bits per heavy atom. The van der Waals surface area contributed by atoms with Gasteiger partial charge in [0.2, 0.25) is 17.5 Å². The zero-order valence-electron chi connectivity index (χ0n) is 17.9. The molecule has 13 nitrogen and oxygen atoms in total. The minimum absolute atomic E-state index is 0.0355. The van der Waals surface area contributed by atoms with Gasteiger partial charge in [-0.2, -0.15) is 0 Å². The third kappa shape index (κ3) is 4.17. The smallest absolute Gasteiger partial charge is 0.335 e. The highest BCUT2D eigenvalue weighted by molar-refractivity contribution is 5.88. The molecule has 5 atom stereocenters. The van der Waals surface area contributed by atoms with Crippen LogP contribution < -0.4 is 14.9 Å². The molecule has 1 aliphatic rings. The van der Waals surface area contributed by atoms with Gasteiger partial charge < -0.3 is 54.4 Å². The molecular formula is C22H20O13. The van der Waals surface area contributed by atoms with Gasteiger partial charge >= 0.3 is 5.97 Å². The number of ether oxygens (including phenoxy) is 3.